The van der Waals surface area contributed by atoms with E-state index in [4.69, 9.17) is 0 Å². The van der Waals surface area contributed by atoms with Crippen LogP contribution >= 0.6 is 0 Å². The van der Waals surface area contributed by atoms with Crippen LogP contribution in [-0.4, -0.2) is 43.3 Å². The minimum atomic E-state index is -5.89. The Morgan fingerprint density at radius 1 is 0.884 bits per heavy atom. The molecule has 0 saturated heterocycles. The number of hydrogen-bond acceptors (Lipinski definition) is 4. The van der Waals surface area contributed by atoms with Gasteiger partial charge >= 0.3 is 12.1 Å². The lowest BCUT2D eigenvalue weighted by atomic mass is 9.50. The van der Waals surface area contributed by atoms with Crippen LogP contribution in [0.5, 0.6) is 0 Å². The fraction of sp³-hybridized carbons (Fsp3) is 0.485. The molecule has 2 saturated carbocycles. The molecule has 1 N–H and O–H groups in total. The molecule has 0 aliphatic heterocycles. The Kier molecular flexibility index (Phi) is 6.90. The maximum absolute atomic E-state index is 15.2. The number of ketones is 1. The van der Waals surface area contributed by atoms with E-state index in [-0.39, 0.29) is 29.4 Å². The zero-order valence-corrected chi connectivity index (χ0v) is 24.7. The lowest BCUT2D eigenvalue weighted by molar-refractivity contribution is -0.362. The summed E-state index contributed by atoms with van der Waals surface area (Å²) in [6, 6.07) is 13.7. The van der Waals surface area contributed by atoms with Crippen LogP contribution in [-0.2, 0) is 14.6 Å². The number of benzene rings is 2. The Bertz CT molecular complexity index is 1640. The van der Waals surface area contributed by atoms with Crippen molar-refractivity contribution in [3.8, 4) is 11.1 Å². The highest BCUT2D eigenvalue weighted by Gasteiger charge is 2.79. The molecule has 0 radical (unpaired) electrons. The first kappa shape index (κ1) is 30.2. The van der Waals surface area contributed by atoms with Crippen LogP contribution in [0.3, 0.4) is 0 Å². The van der Waals surface area contributed by atoms with Gasteiger partial charge in [0.15, 0.2) is 15.6 Å². The number of sulfone groups is 1. The van der Waals surface area contributed by atoms with Crippen LogP contribution in [0.25, 0.3) is 11.1 Å². The predicted octanol–water partition coefficient (Wildman–Crippen LogP) is 7.59. The second-order valence-electron chi connectivity index (χ2n) is 12.9. The molecule has 2 fully saturated rings. The number of allylic oxidation sites excluding steroid dienone is 4. The average Bonchev–Trinajstić information content (AvgIpc) is 3.23. The summed E-state index contributed by atoms with van der Waals surface area (Å²) in [6.45, 7) is 1.41. The molecule has 4 aliphatic rings. The number of hydrogen-bond donors (Lipinski definition) is 1. The molecule has 6 rings (SSSR count). The van der Waals surface area contributed by atoms with Gasteiger partial charge in [-0.05, 0) is 96.4 Å². The molecule has 0 aromatic heterocycles. The number of halogens is 5. The van der Waals surface area contributed by atoms with E-state index in [1.165, 1.54) is 19.1 Å². The van der Waals surface area contributed by atoms with Gasteiger partial charge in [0.1, 0.15) is 5.60 Å². The third kappa shape index (κ3) is 4.54. The summed E-state index contributed by atoms with van der Waals surface area (Å²) in [4.78, 5) is 12.4. The monoisotopic (exact) mass is 620 g/mol. The second-order valence-corrected chi connectivity index (χ2v) is 14.9. The summed E-state index contributed by atoms with van der Waals surface area (Å²) >= 11 is 0. The van der Waals surface area contributed by atoms with Crippen molar-refractivity contribution in [1.29, 1.82) is 0 Å². The van der Waals surface area contributed by atoms with Crippen molar-refractivity contribution in [2.45, 2.75) is 80.4 Å². The number of aliphatic hydroxyl groups is 1. The SMILES string of the molecule is CC12CC(c3ccc(-c4ccc(S(C)(=O)=O)cc4)cc3)C3=C4CCC(=O)C=C4CCC3C1CCC2(O)C(F)(F)C(F)(F)F. The van der Waals surface area contributed by atoms with Crippen molar-refractivity contribution in [2.75, 3.05) is 6.26 Å². The first-order valence-electron chi connectivity index (χ1n) is 14.5. The van der Waals surface area contributed by atoms with Gasteiger partial charge in [0.25, 0.3) is 0 Å². The molecule has 4 nitrogen and oxygen atoms in total. The maximum Gasteiger partial charge on any atom is 0.456 e. The number of fused-ring (bicyclic) bond motifs is 4. The first-order chi connectivity index (χ1) is 20.0. The van der Waals surface area contributed by atoms with Gasteiger partial charge in [0, 0.05) is 24.0 Å². The number of rotatable bonds is 4. The fourth-order valence-corrected chi connectivity index (χ4v) is 9.15. The minimum absolute atomic E-state index is 0.0290. The maximum atomic E-state index is 15.2. The smallest absolute Gasteiger partial charge is 0.383 e. The molecule has 0 spiro atoms. The summed E-state index contributed by atoms with van der Waals surface area (Å²) in [5.41, 5.74) is 0.274. The van der Waals surface area contributed by atoms with Crippen molar-refractivity contribution in [3.05, 3.63) is 76.9 Å². The number of carbonyl (C=O) groups is 1. The van der Waals surface area contributed by atoms with Crippen LogP contribution in [0.15, 0.2) is 76.2 Å². The molecule has 4 aliphatic carbocycles. The molecule has 2 aromatic carbocycles. The summed E-state index contributed by atoms with van der Waals surface area (Å²) < 4.78 is 95.4. The van der Waals surface area contributed by atoms with Crippen molar-refractivity contribution in [1.82, 2.24) is 0 Å². The van der Waals surface area contributed by atoms with Crippen LogP contribution in [0.4, 0.5) is 22.0 Å². The van der Waals surface area contributed by atoms with E-state index < -0.39 is 51.2 Å². The largest absolute Gasteiger partial charge is 0.456 e. The Morgan fingerprint density at radius 3 is 2.07 bits per heavy atom. The van der Waals surface area contributed by atoms with Gasteiger partial charge < -0.3 is 5.11 Å². The Balaban J connectivity index is 1.45. The zero-order chi connectivity index (χ0) is 31.2. The summed E-state index contributed by atoms with van der Waals surface area (Å²) in [7, 11) is -3.37. The quantitative estimate of drug-likeness (QED) is 0.358. The minimum Gasteiger partial charge on any atom is -0.383 e. The van der Waals surface area contributed by atoms with E-state index >= 15 is 8.78 Å². The lowest BCUT2D eigenvalue weighted by Crippen LogP contribution is -2.65. The van der Waals surface area contributed by atoms with Gasteiger partial charge in [-0.1, -0.05) is 48.9 Å². The molecular weight excluding hydrogens is 587 g/mol. The van der Waals surface area contributed by atoms with Crippen LogP contribution < -0.4 is 0 Å². The summed E-state index contributed by atoms with van der Waals surface area (Å²) in [5, 5.41) is 11.4. The van der Waals surface area contributed by atoms with Crippen molar-refractivity contribution >= 4 is 15.6 Å². The fourth-order valence-electron chi connectivity index (χ4n) is 8.52. The standard InChI is InChI=1S/C33H33F5O4S/c1-30-18-27(21-5-3-19(4-6-21)20-7-11-24(12-8-20)43(2,41)42)29-25-14-10-23(39)17-22(25)9-13-26(29)28(30)15-16-31(30,40)32(34,35)33(36,37)38/h3-8,11-12,17,26-28,40H,9-10,13-16,18H2,1-2H3. The van der Waals surface area contributed by atoms with Crippen molar-refractivity contribution in [3.63, 3.8) is 0 Å². The molecule has 5 atom stereocenters. The molecule has 10 heteroatoms. The third-order valence-corrected chi connectivity index (χ3v) is 11.8. The van der Waals surface area contributed by atoms with Gasteiger partial charge in [-0.15, -0.1) is 0 Å². The number of alkyl halides is 5. The highest BCUT2D eigenvalue weighted by atomic mass is 32.2. The van der Waals surface area contributed by atoms with Gasteiger partial charge in [0.05, 0.1) is 4.90 Å². The third-order valence-electron chi connectivity index (χ3n) is 10.7. The predicted molar refractivity (Wildman–Crippen MR) is 151 cm³/mol. The molecule has 0 bridgehead atoms. The van der Waals surface area contributed by atoms with Crippen LogP contribution in [0.2, 0.25) is 0 Å². The highest BCUT2D eigenvalue weighted by molar-refractivity contribution is 7.90. The van der Waals surface area contributed by atoms with E-state index in [0.717, 1.165) is 39.7 Å². The van der Waals surface area contributed by atoms with E-state index in [2.05, 4.69) is 0 Å². The van der Waals surface area contributed by atoms with Crippen molar-refractivity contribution < 1.29 is 40.3 Å². The van der Waals surface area contributed by atoms with Crippen LogP contribution in [0, 0.1) is 17.3 Å². The summed E-state index contributed by atoms with van der Waals surface area (Å²) in [6.07, 6.45) is -1.89. The highest BCUT2D eigenvalue weighted by Crippen LogP contribution is 2.70. The molecule has 0 heterocycles. The van der Waals surface area contributed by atoms with E-state index in [1.54, 1.807) is 18.2 Å². The number of carbonyl (C=O) groups excluding carboxylic acids is 1. The van der Waals surface area contributed by atoms with E-state index in [1.807, 2.05) is 24.3 Å². The summed E-state index contributed by atoms with van der Waals surface area (Å²) in [5.74, 6) is -6.62. The topological polar surface area (TPSA) is 71.4 Å². The van der Waals surface area contributed by atoms with Crippen molar-refractivity contribution in [2.24, 2.45) is 17.3 Å². The van der Waals surface area contributed by atoms with Gasteiger partial charge in [0.2, 0.25) is 0 Å². The Labute approximate surface area is 247 Å². The molecule has 0 amide bonds. The molecular formula is C33H33F5O4S. The second kappa shape index (κ2) is 9.83. The Morgan fingerprint density at radius 2 is 1.49 bits per heavy atom. The zero-order valence-electron chi connectivity index (χ0n) is 23.8. The van der Waals surface area contributed by atoms with Gasteiger partial charge in [-0.25, -0.2) is 8.42 Å². The van der Waals surface area contributed by atoms with E-state index in [9.17, 15) is 31.5 Å². The van der Waals surface area contributed by atoms with Crippen LogP contribution in [0.1, 0.15) is 63.4 Å². The molecule has 43 heavy (non-hydrogen) atoms. The van der Waals surface area contributed by atoms with E-state index in [0.29, 0.717) is 25.7 Å². The molecule has 230 valence electrons. The molecule has 2 aromatic rings. The van der Waals surface area contributed by atoms with Gasteiger partial charge in [-0.2, -0.15) is 22.0 Å². The lowest BCUT2D eigenvalue weighted by Gasteiger charge is -2.56. The Hall–Kier alpha value is -2.85. The normalized spacial score (nSPS) is 31.3. The first-order valence-corrected chi connectivity index (χ1v) is 16.4. The molecule has 5 unspecified atom stereocenters. The average molecular weight is 621 g/mol. The van der Waals surface area contributed by atoms with Gasteiger partial charge in [-0.3, -0.25) is 4.79 Å².